The summed E-state index contributed by atoms with van der Waals surface area (Å²) in [6, 6.07) is 3.68. The number of nitrogens with zero attached hydrogens (tertiary/aromatic N) is 3. The Morgan fingerprint density at radius 1 is 1.18 bits per heavy atom. The molecule has 22 heavy (non-hydrogen) atoms. The molecule has 1 heterocycles. The number of hydrogen-bond acceptors (Lipinski definition) is 7. The van der Waals surface area contributed by atoms with E-state index in [1.807, 2.05) is 19.2 Å². The first kappa shape index (κ1) is 18.1. The zero-order valence-corrected chi connectivity index (χ0v) is 14.8. The van der Waals surface area contributed by atoms with Crippen molar-refractivity contribution in [1.82, 2.24) is 10.3 Å². The van der Waals surface area contributed by atoms with Gasteiger partial charge in [0.15, 0.2) is 11.5 Å². The molecule has 1 aliphatic heterocycles. The highest BCUT2D eigenvalue weighted by atomic mass is 79.9. The molecule has 0 unspecified atom stereocenters. The van der Waals surface area contributed by atoms with Gasteiger partial charge in [0.2, 0.25) is 11.7 Å². The van der Waals surface area contributed by atoms with Crippen molar-refractivity contribution >= 4 is 29.2 Å². The number of hydrogen-bond donors (Lipinski definition) is 1. The van der Waals surface area contributed by atoms with E-state index in [9.17, 15) is 0 Å². The van der Waals surface area contributed by atoms with E-state index >= 15 is 0 Å². The third kappa shape index (κ3) is 3.82. The van der Waals surface area contributed by atoms with Crippen LogP contribution in [0.3, 0.4) is 0 Å². The van der Waals surface area contributed by atoms with Gasteiger partial charge >= 0.3 is 0 Å². The van der Waals surface area contributed by atoms with Crippen molar-refractivity contribution in [3.05, 3.63) is 17.7 Å². The lowest BCUT2D eigenvalue weighted by molar-refractivity contribution is 0.324. The van der Waals surface area contributed by atoms with E-state index < -0.39 is 0 Å². The molecule has 8 heteroatoms. The monoisotopic (exact) mass is 372 g/mol. The van der Waals surface area contributed by atoms with Crippen molar-refractivity contribution in [1.29, 1.82) is 0 Å². The fraction of sp³-hybridized carbons (Fsp3) is 0.429. The van der Waals surface area contributed by atoms with Crippen molar-refractivity contribution in [2.75, 3.05) is 41.5 Å². The Bertz CT molecular complexity index is 563. The molecule has 1 N–H and O–H groups in total. The summed E-state index contributed by atoms with van der Waals surface area (Å²) < 4.78 is 16.0. The second-order valence-electron chi connectivity index (χ2n) is 4.32. The zero-order chi connectivity index (χ0) is 15.2. The van der Waals surface area contributed by atoms with Crippen molar-refractivity contribution in [3.63, 3.8) is 0 Å². The van der Waals surface area contributed by atoms with Crippen molar-refractivity contribution in [2.24, 2.45) is 10.1 Å². The average Bonchev–Trinajstić information content (AvgIpc) is 3.05. The number of rotatable bonds is 5. The Labute approximate surface area is 140 Å². The molecule has 1 aromatic carbocycles. The van der Waals surface area contributed by atoms with Crippen LogP contribution in [0.5, 0.6) is 17.2 Å². The Morgan fingerprint density at radius 2 is 1.91 bits per heavy atom. The molecule has 2 rings (SSSR count). The first-order valence-corrected chi connectivity index (χ1v) is 6.56. The Morgan fingerprint density at radius 3 is 2.45 bits per heavy atom. The molecule has 0 saturated heterocycles. The average molecular weight is 373 g/mol. The number of guanidine groups is 1. The lowest BCUT2D eigenvalue weighted by atomic mass is 10.2. The van der Waals surface area contributed by atoms with Gasteiger partial charge in [-0.3, -0.25) is 0 Å². The van der Waals surface area contributed by atoms with Crippen molar-refractivity contribution in [3.8, 4) is 17.2 Å². The summed E-state index contributed by atoms with van der Waals surface area (Å²) in [7, 11) is 6.58. The quantitative estimate of drug-likeness (QED) is 0.626. The lowest BCUT2D eigenvalue weighted by Gasteiger charge is -2.15. The second-order valence-corrected chi connectivity index (χ2v) is 4.32. The molecule has 0 atom stereocenters. The normalized spacial score (nSPS) is 13.2. The SMILES string of the molecule is Br.COc1ccc(/C=N/N(C)C2=NCCN2)c(OC)c1OC. The maximum atomic E-state index is 5.41. The van der Waals surface area contributed by atoms with Crippen LogP contribution in [0.4, 0.5) is 0 Å². The molecule has 122 valence electrons. The maximum absolute atomic E-state index is 5.41. The van der Waals surface area contributed by atoms with Crippen LogP contribution < -0.4 is 19.5 Å². The van der Waals surface area contributed by atoms with Gasteiger partial charge in [0, 0.05) is 19.2 Å². The molecule has 0 fully saturated rings. The van der Waals surface area contributed by atoms with Gasteiger partial charge in [-0.2, -0.15) is 5.10 Å². The predicted octanol–water partition coefficient (Wildman–Crippen LogP) is 1.52. The van der Waals surface area contributed by atoms with Gasteiger partial charge in [-0.15, -0.1) is 17.0 Å². The van der Waals surface area contributed by atoms with E-state index in [0.29, 0.717) is 17.2 Å². The highest BCUT2D eigenvalue weighted by Crippen LogP contribution is 2.38. The molecule has 0 radical (unpaired) electrons. The fourth-order valence-corrected chi connectivity index (χ4v) is 2.03. The van der Waals surface area contributed by atoms with Crippen LogP contribution in [0.25, 0.3) is 0 Å². The van der Waals surface area contributed by atoms with Crippen LogP contribution in [0.1, 0.15) is 5.56 Å². The number of aliphatic imine (C=N–C) groups is 1. The minimum Gasteiger partial charge on any atom is -0.493 e. The molecule has 0 bridgehead atoms. The summed E-state index contributed by atoms with van der Waals surface area (Å²) >= 11 is 0. The topological polar surface area (TPSA) is 67.7 Å². The minimum absolute atomic E-state index is 0. The van der Waals surface area contributed by atoms with E-state index in [0.717, 1.165) is 24.6 Å². The molecule has 0 amide bonds. The van der Waals surface area contributed by atoms with E-state index in [2.05, 4.69) is 15.4 Å². The molecule has 0 aliphatic carbocycles. The number of ether oxygens (including phenoxy) is 3. The maximum Gasteiger partial charge on any atom is 0.214 e. The van der Waals surface area contributed by atoms with Crippen LogP contribution in [0, 0.1) is 0 Å². The molecule has 1 aromatic rings. The van der Waals surface area contributed by atoms with Gasteiger partial charge in [-0.25, -0.2) is 10.0 Å². The smallest absolute Gasteiger partial charge is 0.214 e. The molecule has 7 nitrogen and oxygen atoms in total. The molecule has 0 aromatic heterocycles. The summed E-state index contributed by atoms with van der Waals surface area (Å²) in [5, 5.41) is 9.19. The van der Waals surface area contributed by atoms with Gasteiger partial charge in [0.05, 0.1) is 34.1 Å². The van der Waals surface area contributed by atoms with E-state index in [4.69, 9.17) is 14.2 Å². The number of halogens is 1. The van der Waals surface area contributed by atoms with Gasteiger partial charge in [0.1, 0.15) is 0 Å². The molecule has 1 aliphatic rings. The first-order chi connectivity index (χ1) is 10.2. The summed E-state index contributed by atoms with van der Waals surface area (Å²) in [5.74, 6) is 2.49. The third-order valence-corrected chi connectivity index (χ3v) is 3.07. The molecule has 0 saturated carbocycles. The van der Waals surface area contributed by atoms with Crippen LogP contribution in [-0.4, -0.2) is 58.6 Å². The predicted molar refractivity (Wildman–Crippen MR) is 92.1 cm³/mol. The Hall–Kier alpha value is -1.96. The van der Waals surface area contributed by atoms with Crippen molar-refractivity contribution < 1.29 is 14.2 Å². The number of hydrazone groups is 1. The van der Waals surface area contributed by atoms with Crippen molar-refractivity contribution in [2.45, 2.75) is 0 Å². The summed E-state index contributed by atoms with van der Waals surface area (Å²) in [4.78, 5) is 4.29. The second kappa shape index (κ2) is 8.47. The zero-order valence-electron chi connectivity index (χ0n) is 13.1. The standard InChI is InChI=1S/C14H20N4O3.BrH/c1-18(14-15-7-8-16-14)17-9-10-5-6-11(19-2)13(21-4)12(10)20-3;/h5-6,9H,7-8H2,1-4H3,(H,15,16);1H/b17-9+;. The first-order valence-electron chi connectivity index (χ1n) is 6.56. The van der Waals surface area contributed by atoms with Gasteiger partial charge in [-0.05, 0) is 12.1 Å². The van der Waals surface area contributed by atoms with Crippen LogP contribution in [0.15, 0.2) is 22.2 Å². The Balaban J connectivity index is 0.00000242. The third-order valence-electron chi connectivity index (χ3n) is 3.07. The van der Waals surface area contributed by atoms with Crippen LogP contribution in [0.2, 0.25) is 0 Å². The van der Waals surface area contributed by atoms with Gasteiger partial charge in [-0.1, -0.05) is 0 Å². The summed E-state index contributed by atoms with van der Waals surface area (Å²) in [5.41, 5.74) is 0.792. The fourth-order valence-electron chi connectivity index (χ4n) is 2.03. The molecular formula is C14H21BrN4O3. The van der Waals surface area contributed by atoms with Gasteiger partial charge < -0.3 is 19.5 Å². The Kier molecular flexibility index (Phi) is 6.97. The summed E-state index contributed by atoms with van der Waals surface area (Å²) in [6.07, 6.45) is 1.70. The number of nitrogens with one attached hydrogen (secondary N) is 1. The lowest BCUT2D eigenvalue weighted by Crippen LogP contribution is -2.32. The minimum atomic E-state index is 0. The number of methoxy groups -OCH3 is 3. The van der Waals surface area contributed by atoms with E-state index in [1.54, 1.807) is 32.6 Å². The molecule has 0 spiro atoms. The largest absolute Gasteiger partial charge is 0.493 e. The molecular weight excluding hydrogens is 352 g/mol. The van der Waals surface area contributed by atoms with Gasteiger partial charge in [0.25, 0.3) is 0 Å². The van der Waals surface area contributed by atoms with Crippen LogP contribution >= 0.6 is 17.0 Å². The van der Waals surface area contributed by atoms with Crippen LogP contribution in [-0.2, 0) is 0 Å². The highest BCUT2D eigenvalue weighted by molar-refractivity contribution is 8.93. The number of benzene rings is 1. The summed E-state index contributed by atoms with van der Waals surface area (Å²) in [6.45, 7) is 1.61. The highest BCUT2D eigenvalue weighted by Gasteiger charge is 2.15. The van der Waals surface area contributed by atoms with E-state index in [-0.39, 0.29) is 17.0 Å². The van der Waals surface area contributed by atoms with E-state index in [1.165, 1.54) is 0 Å².